The van der Waals surface area contributed by atoms with Gasteiger partial charge in [-0.15, -0.1) is 0 Å². The Labute approximate surface area is 118 Å². The standard InChI is InChI=1S/C14H21NO3S/c1-17-14-11(12(15)9-16)3-2-4-13(14)18-10-5-7-19-8-6-10/h2-4,10,12,16H,5-9,15H2,1H3. The van der Waals surface area contributed by atoms with Crippen molar-refractivity contribution in [3.63, 3.8) is 0 Å². The SMILES string of the molecule is COc1c(OC2CCSCC2)cccc1C(N)CO. The first-order valence-corrected chi connectivity index (χ1v) is 7.69. The zero-order chi connectivity index (χ0) is 13.7. The molecule has 5 heteroatoms. The molecule has 1 aromatic rings. The summed E-state index contributed by atoms with van der Waals surface area (Å²) in [7, 11) is 1.60. The molecule has 1 atom stereocenters. The normalized spacial score (nSPS) is 18.1. The lowest BCUT2D eigenvalue weighted by Gasteiger charge is -2.25. The van der Waals surface area contributed by atoms with Crippen LogP contribution in [0.2, 0.25) is 0 Å². The third-order valence-electron chi connectivity index (χ3n) is 3.27. The van der Waals surface area contributed by atoms with Crippen LogP contribution in [0.5, 0.6) is 11.5 Å². The third kappa shape index (κ3) is 3.55. The number of nitrogens with two attached hydrogens (primary N) is 1. The molecule has 0 aliphatic carbocycles. The van der Waals surface area contributed by atoms with Crippen molar-refractivity contribution in [3.8, 4) is 11.5 Å². The van der Waals surface area contributed by atoms with Crippen LogP contribution >= 0.6 is 11.8 Å². The molecule has 1 aromatic carbocycles. The second-order valence-corrected chi connectivity index (χ2v) is 5.82. The van der Waals surface area contributed by atoms with Gasteiger partial charge in [0.05, 0.1) is 19.8 Å². The number of thioether (sulfide) groups is 1. The molecule has 1 aliphatic heterocycles. The molecule has 0 spiro atoms. The molecule has 0 amide bonds. The maximum atomic E-state index is 9.20. The predicted octanol–water partition coefficient (Wildman–Crippen LogP) is 1.96. The number of aliphatic hydroxyl groups is 1. The van der Waals surface area contributed by atoms with Crippen molar-refractivity contribution in [2.75, 3.05) is 25.2 Å². The van der Waals surface area contributed by atoms with Crippen molar-refractivity contribution in [2.45, 2.75) is 25.0 Å². The van der Waals surface area contributed by atoms with Crippen LogP contribution in [-0.4, -0.2) is 36.4 Å². The summed E-state index contributed by atoms with van der Waals surface area (Å²) in [6.07, 6.45) is 2.37. The summed E-state index contributed by atoms with van der Waals surface area (Å²) in [6.45, 7) is -0.111. The quantitative estimate of drug-likeness (QED) is 0.865. The average Bonchev–Trinajstić information content (AvgIpc) is 2.47. The van der Waals surface area contributed by atoms with Crippen LogP contribution in [0.4, 0.5) is 0 Å². The predicted molar refractivity (Wildman–Crippen MR) is 78.0 cm³/mol. The van der Waals surface area contributed by atoms with Gasteiger partial charge in [0, 0.05) is 5.56 Å². The maximum absolute atomic E-state index is 9.20. The first kappa shape index (κ1) is 14.5. The number of benzene rings is 1. The molecule has 0 radical (unpaired) electrons. The second-order valence-electron chi connectivity index (χ2n) is 4.60. The average molecular weight is 283 g/mol. The number of hydrogen-bond acceptors (Lipinski definition) is 5. The van der Waals surface area contributed by atoms with Crippen LogP contribution in [0, 0.1) is 0 Å². The molecule has 1 saturated heterocycles. The van der Waals surface area contributed by atoms with E-state index in [4.69, 9.17) is 15.2 Å². The van der Waals surface area contributed by atoms with Crippen LogP contribution in [-0.2, 0) is 0 Å². The zero-order valence-corrected chi connectivity index (χ0v) is 12.0. The van der Waals surface area contributed by atoms with Crippen LogP contribution in [0.25, 0.3) is 0 Å². The highest BCUT2D eigenvalue weighted by molar-refractivity contribution is 7.99. The van der Waals surface area contributed by atoms with Gasteiger partial charge in [-0.25, -0.2) is 0 Å². The highest BCUT2D eigenvalue weighted by Crippen LogP contribution is 2.35. The van der Waals surface area contributed by atoms with Gasteiger partial charge in [0.2, 0.25) is 0 Å². The Bertz CT molecular complexity index is 408. The first-order valence-electron chi connectivity index (χ1n) is 6.54. The van der Waals surface area contributed by atoms with E-state index in [1.54, 1.807) is 7.11 Å². The lowest BCUT2D eigenvalue weighted by molar-refractivity contribution is 0.183. The van der Waals surface area contributed by atoms with Crippen LogP contribution in [0.3, 0.4) is 0 Å². The van der Waals surface area contributed by atoms with E-state index in [9.17, 15) is 5.11 Å². The number of hydrogen-bond donors (Lipinski definition) is 2. The summed E-state index contributed by atoms with van der Waals surface area (Å²) in [5, 5.41) is 9.20. The van der Waals surface area contributed by atoms with E-state index in [2.05, 4.69) is 0 Å². The lowest BCUT2D eigenvalue weighted by atomic mass is 10.1. The van der Waals surface area contributed by atoms with Gasteiger partial charge < -0.3 is 20.3 Å². The van der Waals surface area contributed by atoms with Crippen molar-refractivity contribution in [1.82, 2.24) is 0 Å². The fraction of sp³-hybridized carbons (Fsp3) is 0.571. The Balaban J connectivity index is 2.19. The summed E-state index contributed by atoms with van der Waals surface area (Å²) in [5.74, 6) is 3.65. The zero-order valence-electron chi connectivity index (χ0n) is 11.2. The molecule has 106 valence electrons. The summed E-state index contributed by atoms with van der Waals surface area (Å²) >= 11 is 1.97. The molecule has 3 N–H and O–H groups in total. The monoisotopic (exact) mass is 283 g/mol. The Hall–Kier alpha value is -0.910. The minimum atomic E-state index is -0.444. The molecule has 19 heavy (non-hydrogen) atoms. The highest BCUT2D eigenvalue weighted by atomic mass is 32.2. The minimum Gasteiger partial charge on any atom is -0.493 e. The van der Waals surface area contributed by atoms with Crippen molar-refractivity contribution in [2.24, 2.45) is 5.73 Å². The Morgan fingerprint density at radius 3 is 2.79 bits per heavy atom. The van der Waals surface area contributed by atoms with Crippen molar-refractivity contribution in [3.05, 3.63) is 23.8 Å². The molecule has 2 rings (SSSR count). The van der Waals surface area contributed by atoms with Gasteiger partial charge in [-0.2, -0.15) is 11.8 Å². The molecular weight excluding hydrogens is 262 g/mol. The van der Waals surface area contributed by atoms with Crippen molar-refractivity contribution >= 4 is 11.8 Å². The van der Waals surface area contributed by atoms with E-state index in [1.807, 2.05) is 30.0 Å². The molecule has 0 bridgehead atoms. The van der Waals surface area contributed by atoms with Gasteiger partial charge in [-0.3, -0.25) is 0 Å². The number of para-hydroxylation sites is 1. The number of methoxy groups -OCH3 is 1. The van der Waals surface area contributed by atoms with E-state index in [-0.39, 0.29) is 12.7 Å². The lowest BCUT2D eigenvalue weighted by Crippen LogP contribution is -2.23. The van der Waals surface area contributed by atoms with Crippen molar-refractivity contribution < 1.29 is 14.6 Å². The molecule has 1 unspecified atom stereocenters. The fourth-order valence-electron chi connectivity index (χ4n) is 2.21. The smallest absolute Gasteiger partial charge is 0.165 e. The van der Waals surface area contributed by atoms with Crippen LogP contribution < -0.4 is 15.2 Å². The van der Waals surface area contributed by atoms with E-state index in [1.165, 1.54) is 0 Å². The van der Waals surface area contributed by atoms with E-state index in [0.29, 0.717) is 5.75 Å². The van der Waals surface area contributed by atoms with Crippen LogP contribution in [0.1, 0.15) is 24.4 Å². The van der Waals surface area contributed by atoms with Crippen molar-refractivity contribution in [1.29, 1.82) is 0 Å². The largest absolute Gasteiger partial charge is 0.493 e. The molecule has 0 saturated carbocycles. The topological polar surface area (TPSA) is 64.7 Å². The molecule has 0 aromatic heterocycles. The number of ether oxygens (including phenoxy) is 2. The highest BCUT2D eigenvalue weighted by Gasteiger charge is 2.20. The van der Waals surface area contributed by atoms with Gasteiger partial charge in [-0.1, -0.05) is 12.1 Å². The summed E-state index contributed by atoms with van der Waals surface area (Å²) < 4.78 is 11.5. The summed E-state index contributed by atoms with van der Waals surface area (Å²) in [4.78, 5) is 0. The van der Waals surface area contributed by atoms with Gasteiger partial charge in [0.15, 0.2) is 11.5 Å². The summed E-state index contributed by atoms with van der Waals surface area (Å²) in [5.41, 5.74) is 6.67. The Kier molecular flexibility index (Phi) is 5.36. The Morgan fingerprint density at radius 2 is 2.16 bits per heavy atom. The number of rotatable bonds is 5. The summed E-state index contributed by atoms with van der Waals surface area (Å²) in [6, 6.07) is 5.21. The molecular formula is C14H21NO3S. The maximum Gasteiger partial charge on any atom is 0.165 e. The second kappa shape index (κ2) is 7.03. The third-order valence-corrected chi connectivity index (χ3v) is 4.32. The van der Waals surface area contributed by atoms with Gasteiger partial charge in [0.25, 0.3) is 0 Å². The van der Waals surface area contributed by atoms with E-state index >= 15 is 0 Å². The molecule has 1 heterocycles. The van der Waals surface area contributed by atoms with Gasteiger partial charge >= 0.3 is 0 Å². The molecule has 1 fully saturated rings. The van der Waals surface area contributed by atoms with Gasteiger partial charge in [0.1, 0.15) is 6.10 Å². The molecule has 4 nitrogen and oxygen atoms in total. The van der Waals surface area contributed by atoms with E-state index < -0.39 is 6.04 Å². The Morgan fingerprint density at radius 1 is 1.42 bits per heavy atom. The number of aliphatic hydroxyl groups excluding tert-OH is 1. The fourth-order valence-corrected chi connectivity index (χ4v) is 3.27. The van der Waals surface area contributed by atoms with Gasteiger partial charge in [-0.05, 0) is 30.4 Å². The molecule has 1 aliphatic rings. The van der Waals surface area contributed by atoms with E-state index in [0.717, 1.165) is 35.7 Å². The first-order chi connectivity index (χ1) is 9.26. The minimum absolute atomic E-state index is 0.111. The van der Waals surface area contributed by atoms with Crippen LogP contribution in [0.15, 0.2) is 18.2 Å².